The van der Waals surface area contributed by atoms with E-state index in [4.69, 9.17) is 18.9 Å². The van der Waals surface area contributed by atoms with Gasteiger partial charge in [-0.1, -0.05) is 12.1 Å². The molecule has 2 rings (SSSR count). The second kappa shape index (κ2) is 16.4. The van der Waals surface area contributed by atoms with Gasteiger partial charge in [0.05, 0.1) is 12.1 Å². The number of rotatable bonds is 12. The third-order valence-electron chi connectivity index (χ3n) is 6.03. The van der Waals surface area contributed by atoms with E-state index in [1.54, 1.807) is 65.8 Å². The number of nitrogens with zero attached hydrogens (tertiary/aromatic N) is 4. The highest BCUT2D eigenvalue weighted by Gasteiger charge is 2.30. The largest absolute Gasteiger partial charge is 0.444 e. The monoisotopic (exact) mass is 662 g/mol. The topological polar surface area (TPSA) is 202 Å². The van der Waals surface area contributed by atoms with Gasteiger partial charge >= 0.3 is 24.1 Å². The number of ether oxygens (including phenoxy) is 4. The fourth-order valence-corrected chi connectivity index (χ4v) is 3.65. The van der Waals surface area contributed by atoms with Gasteiger partial charge in [-0.2, -0.15) is 20.8 Å². The van der Waals surface area contributed by atoms with Crippen LogP contribution in [0, 0.1) is 22.7 Å². The van der Waals surface area contributed by atoms with Crippen LogP contribution in [0.25, 0.3) is 0 Å². The maximum absolute atomic E-state index is 12.6. The second-order valence-corrected chi connectivity index (χ2v) is 13.2. The molecule has 0 fully saturated rings. The summed E-state index contributed by atoms with van der Waals surface area (Å²) >= 11 is 0. The zero-order valence-electron chi connectivity index (χ0n) is 28.5. The molecule has 0 radical (unpaired) electrons. The molecule has 2 aromatic carbocycles. The van der Waals surface area contributed by atoms with E-state index in [9.17, 15) is 29.7 Å². The highest BCUT2D eigenvalue weighted by molar-refractivity contribution is 5.86. The predicted molar refractivity (Wildman–Crippen MR) is 175 cm³/mol. The maximum Gasteiger partial charge on any atom is 0.412 e. The van der Waals surface area contributed by atoms with Crippen LogP contribution >= 0.6 is 0 Å². The van der Waals surface area contributed by atoms with Crippen molar-refractivity contribution in [2.75, 3.05) is 10.6 Å². The average molecular weight is 663 g/mol. The molecule has 0 saturated carbocycles. The Morgan fingerprint density at radius 3 is 1.31 bits per heavy atom. The number of benzene rings is 2. The zero-order valence-corrected chi connectivity index (χ0v) is 28.5. The van der Waals surface area contributed by atoms with Gasteiger partial charge in [0, 0.05) is 36.3 Å². The van der Waals surface area contributed by atoms with Crippen LogP contribution in [0.4, 0.5) is 21.0 Å². The molecular weight excluding hydrogens is 620 g/mol. The van der Waals surface area contributed by atoms with Crippen molar-refractivity contribution in [3.05, 3.63) is 48.5 Å². The summed E-state index contributed by atoms with van der Waals surface area (Å²) in [4.78, 5) is 49.2. The first-order valence-corrected chi connectivity index (χ1v) is 15.1. The van der Waals surface area contributed by atoms with Crippen LogP contribution in [0.5, 0.6) is 11.5 Å². The Morgan fingerprint density at radius 1 is 0.646 bits per heavy atom. The summed E-state index contributed by atoms with van der Waals surface area (Å²) in [5.41, 5.74) is -3.61. The quantitative estimate of drug-likeness (QED) is 0.130. The number of hydrogen-bond donors (Lipinski definition) is 2. The first kappa shape index (κ1) is 38.7. The number of amides is 2. The SMILES string of the molecule is CC(C#N)(CCC(=O)Oc1cccc(NC(=O)OC(C)(C)C)c1)/N=N/C(C)(C#N)CCC(=O)Oc1cccc(NC(=O)OC(C)(C)C)c1. The first-order valence-electron chi connectivity index (χ1n) is 15.1. The minimum atomic E-state index is -1.47. The molecule has 0 aromatic heterocycles. The van der Waals surface area contributed by atoms with E-state index in [-0.39, 0.29) is 37.2 Å². The van der Waals surface area contributed by atoms with Gasteiger partial charge in [0.25, 0.3) is 0 Å². The smallest absolute Gasteiger partial charge is 0.412 e. The van der Waals surface area contributed by atoms with Crippen molar-refractivity contribution in [2.24, 2.45) is 10.2 Å². The second-order valence-electron chi connectivity index (χ2n) is 13.2. The third-order valence-corrected chi connectivity index (χ3v) is 6.03. The van der Waals surface area contributed by atoms with Gasteiger partial charge in [-0.05, 0) is 92.5 Å². The fraction of sp³-hybridized carbons (Fsp3) is 0.471. The third kappa shape index (κ3) is 14.7. The number of nitriles is 2. The molecule has 0 saturated heterocycles. The van der Waals surface area contributed by atoms with Crippen molar-refractivity contribution in [3.8, 4) is 23.6 Å². The Bertz CT molecular complexity index is 1480. The normalized spacial score (nSPS) is 13.9. The molecular formula is C34H42N6O8. The van der Waals surface area contributed by atoms with Gasteiger partial charge in [-0.15, -0.1) is 0 Å². The number of carbonyl (C=O) groups is 4. The van der Waals surface area contributed by atoms with E-state index in [0.717, 1.165) is 0 Å². The molecule has 256 valence electrons. The van der Waals surface area contributed by atoms with Gasteiger partial charge in [0.15, 0.2) is 11.1 Å². The number of anilines is 2. The van der Waals surface area contributed by atoms with Crippen molar-refractivity contribution < 1.29 is 38.1 Å². The Hall–Kier alpha value is -5.50. The summed E-state index contributed by atoms with van der Waals surface area (Å²) in [6.45, 7) is 13.3. The molecule has 14 nitrogen and oxygen atoms in total. The van der Waals surface area contributed by atoms with Crippen molar-refractivity contribution in [2.45, 2.75) is 103 Å². The molecule has 48 heavy (non-hydrogen) atoms. The lowest BCUT2D eigenvalue weighted by molar-refractivity contribution is -0.135. The molecule has 2 N–H and O–H groups in total. The number of esters is 2. The van der Waals surface area contributed by atoms with Crippen LogP contribution in [0.2, 0.25) is 0 Å². The van der Waals surface area contributed by atoms with Crippen molar-refractivity contribution in [1.82, 2.24) is 0 Å². The molecule has 14 heteroatoms. The molecule has 0 bridgehead atoms. The van der Waals surface area contributed by atoms with Crippen LogP contribution in [0.1, 0.15) is 81.1 Å². The summed E-state index contributed by atoms with van der Waals surface area (Å²) in [7, 11) is 0. The minimum Gasteiger partial charge on any atom is -0.444 e. The van der Waals surface area contributed by atoms with Crippen molar-refractivity contribution >= 4 is 35.5 Å². The number of nitrogens with one attached hydrogen (secondary N) is 2. The number of carbonyl (C=O) groups excluding carboxylic acids is 4. The molecule has 0 aliphatic heterocycles. The van der Waals surface area contributed by atoms with E-state index >= 15 is 0 Å². The van der Waals surface area contributed by atoms with Crippen molar-refractivity contribution in [1.29, 1.82) is 10.5 Å². The van der Waals surface area contributed by atoms with Gasteiger partial charge in [-0.25, -0.2) is 9.59 Å². The zero-order chi connectivity index (χ0) is 36.2. The molecule has 0 aliphatic rings. The number of hydrogen-bond acceptors (Lipinski definition) is 12. The highest BCUT2D eigenvalue weighted by atomic mass is 16.6. The van der Waals surface area contributed by atoms with Crippen LogP contribution in [-0.4, -0.2) is 46.4 Å². The Morgan fingerprint density at radius 2 is 1.00 bits per heavy atom. The molecule has 2 atom stereocenters. The number of azo groups is 1. The molecule has 2 unspecified atom stereocenters. The molecule has 2 aromatic rings. The van der Waals surface area contributed by atoms with Gasteiger partial charge in [0.1, 0.15) is 22.7 Å². The van der Waals surface area contributed by atoms with Crippen molar-refractivity contribution in [3.63, 3.8) is 0 Å². The fourth-order valence-electron chi connectivity index (χ4n) is 3.65. The Kier molecular flexibility index (Phi) is 13.2. The Balaban J connectivity index is 1.93. The molecule has 0 heterocycles. The predicted octanol–water partition coefficient (Wildman–Crippen LogP) is 7.47. The summed E-state index contributed by atoms with van der Waals surface area (Å²) in [5.74, 6) is -0.970. The summed E-state index contributed by atoms with van der Waals surface area (Å²) in [6.07, 6.45) is -1.88. The lowest BCUT2D eigenvalue weighted by atomic mass is 9.97. The average Bonchev–Trinajstić information content (AvgIpc) is 2.96. The van der Waals surface area contributed by atoms with Gasteiger partial charge in [0.2, 0.25) is 0 Å². The van der Waals surface area contributed by atoms with Crippen LogP contribution in [0.15, 0.2) is 58.8 Å². The minimum absolute atomic E-state index is 0.0705. The Labute approximate surface area is 280 Å². The van der Waals surface area contributed by atoms with Gasteiger partial charge < -0.3 is 18.9 Å². The van der Waals surface area contributed by atoms with Crippen LogP contribution < -0.4 is 20.1 Å². The lowest BCUT2D eigenvalue weighted by Crippen LogP contribution is -2.27. The highest BCUT2D eigenvalue weighted by Crippen LogP contribution is 2.26. The van der Waals surface area contributed by atoms with E-state index in [1.807, 2.05) is 12.1 Å². The van der Waals surface area contributed by atoms with E-state index in [2.05, 4.69) is 20.9 Å². The van der Waals surface area contributed by atoms with E-state index in [1.165, 1.54) is 38.1 Å². The van der Waals surface area contributed by atoms with E-state index in [0.29, 0.717) is 11.4 Å². The molecule has 0 spiro atoms. The molecule has 2 amide bonds. The first-order chi connectivity index (χ1) is 22.2. The van der Waals surface area contributed by atoms with Crippen LogP contribution in [-0.2, 0) is 19.1 Å². The maximum atomic E-state index is 12.6. The standard InChI is InChI=1S/C34H42N6O8/c1-31(2,3)47-29(43)37-23-11-9-13-25(19-23)45-27(41)15-17-33(7,21-35)39-40-34(8,22-36)18-16-28(42)46-26-14-10-12-24(20-26)38-30(44)48-32(4,5)6/h9-14,19-20H,15-18H2,1-8H3,(H,37,43)(H,38,44)/b40-39+. The van der Waals surface area contributed by atoms with E-state index < -0.39 is 46.4 Å². The lowest BCUT2D eigenvalue weighted by Gasteiger charge is -2.20. The summed E-state index contributed by atoms with van der Waals surface area (Å²) in [5, 5.41) is 32.8. The van der Waals surface area contributed by atoms with Gasteiger partial charge in [-0.3, -0.25) is 20.2 Å². The van der Waals surface area contributed by atoms with Crippen LogP contribution in [0.3, 0.4) is 0 Å². The molecule has 0 aliphatic carbocycles. The summed E-state index contributed by atoms with van der Waals surface area (Å²) < 4.78 is 21.2. The summed E-state index contributed by atoms with van der Waals surface area (Å²) in [6, 6.07) is 16.3.